The van der Waals surface area contributed by atoms with E-state index in [1.54, 1.807) is 0 Å². The number of likely N-dealkylation sites (tertiary alicyclic amines) is 1. The zero-order valence-corrected chi connectivity index (χ0v) is 13.6. The van der Waals surface area contributed by atoms with Gasteiger partial charge in [0.15, 0.2) is 0 Å². The molecule has 1 aliphatic rings. The Morgan fingerprint density at radius 1 is 1.19 bits per heavy atom. The number of rotatable bonds is 1. The third-order valence-corrected chi connectivity index (χ3v) is 4.93. The number of aryl methyl sites for hydroxylation is 2. The molecule has 0 saturated carbocycles. The fourth-order valence-corrected chi connectivity index (χ4v) is 3.76. The number of fused-ring (bicyclic) bond motifs is 1. The summed E-state index contributed by atoms with van der Waals surface area (Å²) in [5.41, 5.74) is 9.66. The molecule has 1 fully saturated rings. The standard InChI is InChI=1S/C16H25N5/c1-9-8-20(5)7-6-13(9)21-11(3)10(2)14-15(17)18-12(4)19-16(14)21/h9,13H,6-8H2,1-5H3,(H2,17,18,19). The van der Waals surface area contributed by atoms with E-state index in [0.29, 0.717) is 17.8 Å². The van der Waals surface area contributed by atoms with Crippen molar-refractivity contribution in [1.82, 2.24) is 19.4 Å². The molecule has 5 nitrogen and oxygen atoms in total. The van der Waals surface area contributed by atoms with Crippen LogP contribution < -0.4 is 5.73 Å². The summed E-state index contributed by atoms with van der Waals surface area (Å²) in [7, 11) is 2.20. The van der Waals surface area contributed by atoms with Crippen molar-refractivity contribution in [2.45, 2.75) is 40.2 Å². The first-order valence-electron chi connectivity index (χ1n) is 7.70. The van der Waals surface area contributed by atoms with Crippen molar-refractivity contribution in [2.75, 3.05) is 25.9 Å². The van der Waals surface area contributed by atoms with E-state index in [2.05, 4.69) is 42.3 Å². The SMILES string of the molecule is Cc1nc(N)c2c(C)c(C)n(C3CCN(C)CC3C)c2n1. The molecule has 2 aromatic rings. The van der Waals surface area contributed by atoms with Gasteiger partial charge in [-0.1, -0.05) is 6.92 Å². The number of hydrogen-bond donors (Lipinski definition) is 1. The summed E-state index contributed by atoms with van der Waals surface area (Å²) in [5.74, 6) is 1.96. The van der Waals surface area contributed by atoms with Gasteiger partial charge >= 0.3 is 0 Å². The Kier molecular flexibility index (Phi) is 3.40. The van der Waals surface area contributed by atoms with E-state index in [4.69, 9.17) is 10.7 Å². The molecule has 114 valence electrons. The third kappa shape index (κ3) is 2.20. The van der Waals surface area contributed by atoms with Crippen molar-refractivity contribution in [3.8, 4) is 0 Å². The zero-order valence-electron chi connectivity index (χ0n) is 13.6. The monoisotopic (exact) mass is 287 g/mol. The highest BCUT2D eigenvalue weighted by atomic mass is 15.2. The lowest BCUT2D eigenvalue weighted by atomic mass is 9.93. The lowest BCUT2D eigenvalue weighted by Gasteiger charge is -2.36. The molecule has 2 atom stereocenters. The average Bonchev–Trinajstić information content (AvgIpc) is 2.63. The molecule has 5 heteroatoms. The van der Waals surface area contributed by atoms with Gasteiger partial charge < -0.3 is 15.2 Å². The van der Waals surface area contributed by atoms with Crippen LogP contribution in [0.25, 0.3) is 11.0 Å². The smallest absolute Gasteiger partial charge is 0.146 e. The predicted molar refractivity (Wildman–Crippen MR) is 86.5 cm³/mol. The Balaban J connectivity index is 2.21. The summed E-state index contributed by atoms with van der Waals surface area (Å²) >= 11 is 0. The summed E-state index contributed by atoms with van der Waals surface area (Å²) in [6, 6.07) is 0.492. The topological polar surface area (TPSA) is 60.0 Å². The van der Waals surface area contributed by atoms with Crippen LogP contribution in [0.4, 0.5) is 5.82 Å². The quantitative estimate of drug-likeness (QED) is 0.875. The highest BCUT2D eigenvalue weighted by Gasteiger charge is 2.29. The number of hydrogen-bond acceptors (Lipinski definition) is 4. The fourth-order valence-electron chi connectivity index (χ4n) is 3.76. The van der Waals surface area contributed by atoms with Crippen molar-refractivity contribution in [1.29, 1.82) is 0 Å². The second-order valence-electron chi connectivity index (χ2n) is 6.53. The summed E-state index contributed by atoms with van der Waals surface area (Å²) < 4.78 is 2.41. The largest absolute Gasteiger partial charge is 0.383 e. The summed E-state index contributed by atoms with van der Waals surface area (Å²) in [6.45, 7) is 10.8. The molecule has 1 aliphatic heterocycles. The number of aromatic nitrogens is 3. The highest BCUT2D eigenvalue weighted by Crippen LogP contribution is 2.36. The minimum absolute atomic E-state index is 0.492. The van der Waals surface area contributed by atoms with Crippen LogP contribution in [-0.2, 0) is 0 Å². The molecule has 0 amide bonds. The molecular weight excluding hydrogens is 262 g/mol. The van der Waals surface area contributed by atoms with E-state index in [9.17, 15) is 0 Å². The Labute approximate surface area is 126 Å². The number of anilines is 1. The van der Waals surface area contributed by atoms with Crippen LogP contribution in [0.5, 0.6) is 0 Å². The molecule has 2 N–H and O–H groups in total. The van der Waals surface area contributed by atoms with Crippen molar-refractivity contribution in [3.05, 3.63) is 17.1 Å². The van der Waals surface area contributed by atoms with E-state index in [-0.39, 0.29) is 0 Å². The molecule has 1 saturated heterocycles. The van der Waals surface area contributed by atoms with Gasteiger partial charge in [-0.15, -0.1) is 0 Å². The van der Waals surface area contributed by atoms with Crippen LogP contribution in [0.15, 0.2) is 0 Å². The summed E-state index contributed by atoms with van der Waals surface area (Å²) in [4.78, 5) is 11.4. The second kappa shape index (κ2) is 4.98. The van der Waals surface area contributed by atoms with Crippen LogP contribution >= 0.6 is 0 Å². The molecule has 0 spiro atoms. The number of nitrogens with two attached hydrogens (primary N) is 1. The molecular formula is C16H25N5. The molecule has 2 aromatic heterocycles. The summed E-state index contributed by atoms with van der Waals surface area (Å²) in [6.07, 6.45) is 1.16. The normalized spacial score (nSPS) is 23.9. The lowest BCUT2D eigenvalue weighted by molar-refractivity contribution is 0.160. The van der Waals surface area contributed by atoms with E-state index < -0.39 is 0 Å². The third-order valence-electron chi connectivity index (χ3n) is 4.93. The minimum atomic E-state index is 0.492. The highest BCUT2D eigenvalue weighted by molar-refractivity contribution is 5.91. The second-order valence-corrected chi connectivity index (χ2v) is 6.53. The van der Waals surface area contributed by atoms with Crippen LogP contribution in [-0.4, -0.2) is 39.6 Å². The van der Waals surface area contributed by atoms with Crippen molar-refractivity contribution >= 4 is 16.9 Å². The van der Waals surface area contributed by atoms with E-state index in [1.165, 1.54) is 11.3 Å². The van der Waals surface area contributed by atoms with Crippen LogP contribution in [0.2, 0.25) is 0 Å². The first-order valence-corrected chi connectivity index (χ1v) is 7.70. The zero-order chi connectivity index (χ0) is 15.3. The van der Waals surface area contributed by atoms with Gasteiger partial charge in [0.05, 0.1) is 5.39 Å². The van der Waals surface area contributed by atoms with Crippen molar-refractivity contribution in [2.24, 2.45) is 5.92 Å². The van der Waals surface area contributed by atoms with Gasteiger partial charge in [-0.05, 0) is 52.3 Å². The molecule has 3 rings (SSSR count). The Morgan fingerprint density at radius 3 is 2.57 bits per heavy atom. The Hall–Kier alpha value is -1.62. The predicted octanol–water partition coefficient (Wildman–Crippen LogP) is 2.45. The molecule has 3 heterocycles. The fraction of sp³-hybridized carbons (Fsp3) is 0.625. The Morgan fingerprint density at radius 2 is 1.90 bits per heavy atom. The number of piperidine rings is 1. The van der Waals surface area contributed by atoms with Crippen LogP contribution in [0.1, 0.15) is 36.5 Å². The van der Waals surface area contributed by atoms with Gasteiger partial charge in [-0.3, -0.25) is 0 Å². The maximum atomic E-state index is 6.15. The molecule has 0 aliphatic carbocycles. The van der Waals surface area contributed by atoms with E-state index in [0.717, 1.165) is 36.4 Å². The van der Waals surface area contributed by atoms with E-state index in [1.807, 2.05) is 6.92 Å². The molecule has 2 unspecified atom stereocenters. The van der Waals surface area contributed by atoms with Gasteiger partial charge in [0, 0.05) is 18.3 Å². The summed E-state index contributed by atoms with van der Waals surface area (Å²) in [5, 5.41) is 1.03. The van der Waals surface area contributed by atoms with Gasteiger partial charge in [0.2, 0.25) is 0 Å². The molecule has 0 aromatic carbocycles. The van der Waals surface area contributed by atoms with Crippen LogP contribution in [0.3, 0.4) is 0 Å². The molecule has 21 heavy (non-hydrogen) atoms. The van der Waals surface area contributed by atoms with Gasteiger partial charge in [0.1, 0.15) is 17.3 Å². The lowest BCUT2D eigenvalue weighted by Crippen LogP contribution is -2.38. The van der Waals surface area contributed by atoms with Crippen LogP contribution in [0, 0.1) is 26.7 Å². The van der Waals surface area contributed by atoms with Gasteiger partial charge in [-0.2, -0.15) is 0 Å². The average molecular weight is 287 g/mol. The van der Waals surface area contributed by atoms with Gasteiger partial charge in [-0.25, -0.2) is 9.97 Å². The Bertz CT molecular complexity index is 688. The number of nitrogen functional groups attached to an aromatic ring is 1. The maximum absolute atomic E-state index is 6.15. The van der Waals surface area contributed by atoms with E-state index >= 15 is 0 Å². The first-order chi connectivity index (χ1) is 9.90. The molecule has 0 radical (unpaired) electrons. The first kappa shape index (κ1) is 14.3. The van der Waals surface area contributed by atoms with Gasteiger partial charge in [0.25, 0.3) is 0 Å². The number of nitrogens with zero attached hydrogens (tertiary/aromatic N) is 4. The maximum Gasteiger partial charge on any atom is 0.146 e. The van der Waals surface area contributed by atoms with Crippen molar-refractivity contribution < 1.29 is 0 Å². The van der Waals surface area contributed by atoms with Crippen molar-refractivity contribution in [3.63, 3.8) is 0 Å². The molecule has 0 bridgehead atoms. The minimum Gasteiger partial charge on any atom is -0.383 e.